The lowest BCUT2D eigenvalue weighted by atomic mass is 9.74. The van der Waals surface area contributed by atoms with E-state index in [9.17, 15) is 0 Å². The molecule has 0 N–H and O–H groups in total. The molecular weight excluding hydrogens is 508 g/mol. The number of methoxy groups -OCH3 is 6. The summed E-state index contributed by atoms with van der Waals surface area (Å²) in [5, 5.41) is 0. The lowest BCUT2D eigenvalue weighted by molar-refractivity contribution is -0.123. The average Bonchev–Trinajstić information content (AvgIpc) is 3.71. The molecular formula is C33H46O7. The van der Waals surface area contributed by atoms with Gasteiger partial charge in [-0.25, -0.2) is 0 Å². The lowest BCUT2D eigenvalue weighted by Crippen LogP contribution is -2.26. The van der Waals surface area contributed by atoms with Gasteiger partial charge in [0.2, 0.25) is 0 Å². The van der Waals surface area contributed by atoms with Gasteiger partial charge in [-0.1, -0.05) is 51.4 Å². The normalized spacial score (nSPS) is 17.4. The monoisotopic (exact) mass is 554 g/mol. The fraction of sp³-hybridized carbons (Fsp3) is 0.606. The summed E-state index contributed by atoms with van der Waals surface area (Å²) >= 11 is 0. The van der Waals surface area contributed by atoms with Crippen molar-refractivity contribution >= 4 is 5.78 Å². The van der Waals surface area contributed by atoms with Crippen LogP contribution in [0.5, 0.6) is 34.5 Å². The van der Waals surface area contributed by atoms with Crippen molar-refractivity contribution in [1.82, 2.24) is 0 Å². The molecule has 2 unspecified atom stereocenters. The maximum Gasteiger partial charge on any atom is 0.148 e. The molecule has 2 saturated carbocycles. The molecule has 7 nitrogen and oxygen atoms in total. The smallest absolute Gasteiger partial charge is 0.148 e. The van der Waals surface area contributed by atoms with E-state index < -0.39 is 11.8 Å². The van der Waals surface area contributed by atoms with Crippen molar-refractivity contribution in [2.24, 2.45) is 11.8 Å². The molecule has 0 amide bonds. The summed E-state index contributed by atoms with van der Waals surface area (Å²) < 4.78 is 34.6. The molecule has 2 aliphatic carbocycles. The number of carbonyl (C=O) groups is 1. The van der Waals surface area contributed by atoms with Crippen LogP contribution in [0.4, 0.5) is 0 Å². The molecule has 220 valence electrons. The first-order valence-corrected chi connectivity index (χ1v) is 14.6. The molecule has 0 aliphatic heterocycles. The molecule has 0 spiro atoms. The first kappa shape index (κ1) is 29.9. The van der Waals surface area contributed by atoms with Crippen LogP contribution in [0.2, 0.25) is 0 Å². The minimum Gasteiger partial charge on any atom is -0.496 e. The van der Waals surface area contributed by atoms with E-state index >= 15 is 4.79 Å². The van der Waals surface area contributed by atoms with Gasteiger partial charge in [-0.15, -0.1) is 0 Å². The fourth-order valence-corrected chi connectivity index (χ4v) is 6.91. The molecule has 4 rings (SSSR count). The summed E-state index contributed by atoms with van der Waals surface area (Å²) in [5.41, 5.74) is 1.59. The van der Waals surface area contributed by atoms with Crippen LogP contribution in [0.3, 0.4) is 0 Å². The Hall–Kier alpha value is -3.09. The highest BCUT2D eigenvalue weighted by Crippen LogP contribution is 2.50. The van der Waals surface area contributed by atoms with Crippen LogP contribution in [-0.4, -0.2) is 48.4 Å². The first-order valence-electron chi connectivity index (χ1n) is 14.6. The zero-order valence-corrected chi connectivity index (χ0v) is 25.0. The number of Topliss-reactive ketones (excluding diaryl/α,β-unsaturated/α-hetero) is 1. The largest absolute Gasteiger partial charge is 0.496 e. The van der Waals surface area contributed by atoms with Crippen LogP contribution in [0, 0.1) is 11.8 Å². The number of ketones is 1. The Morgan fingerprint density at radius 1 is 0.575 bits per heavy atom. The van der Waals surface area contributed by atoms with Gasteiger partial charge >= 0.3 is 0 Å². The minimum atomic E-state index is -0.415. The SMILES string of the molecule is COc1cc(OC)c(C(CC2CCCC2)C(=O)C(CC2CCCC2)c2c(OC)cc(OC)cc2OC)c(OC)c1. The third-order valence-electron chi connectivity index (χ3n) is 8.98. The second kappa shape index (κ2) is 14.0. The predicted molar refractivity (Wildman–Crippen MR) is 156 cm³/mol. The molecule has 0 heterocycles. The molecule has 2 atom stereocenters. The average molecular weight is 555 g/mol. The lowest BCUT2D eigenvalue weighted by Gasteiger charge is -2.30. The van der Waals surface area contributed by atoms with Gasteiger partial charge < -0.3 is 28.4 Å². The molecule has 2 fully saturated rings. The van der Waals surface area contributed by atoms with Crippen LogP contribution >= 0.6 is 0 Å². The van der Waals surface area contributed by atoms with E-state index in [0.29, 0.717) is 46.3 Å². The van der Waals surface area contributed by atoms with E-state index in [4.69, 9.17) is 28.4 Å². The third kappa shape index (κ3) is 6.45. The second-order valence-electron chi connectivity index (χ2n) is 11.2. The van der Waals surface area contributed by atoms with E-state index in [1.165, 1.54) is 25.7 Å². The Labute approximate surface area is 239 Å². The number of benzene rings is 2. The highest BCUT2D eigenvalue weighted by Gasteiger charge is 2.39. The number of hydrogen-bond donors (Lipinski definition) is 0. The molecule has 2 aromatic carbocycles. The van der Waals surface area contributed by atoms with Crippen molar-refractivity contribution in [3.05, 3.63) is 35.4 Å². The number of rotatable bonds is 14. The molecule has 0 saturated heterocycles. The van der Waals surface area contributed by atoms with Gasteiger partial charge in [-0.2, -0.15) is 0 Å². The second-order valence-corrected chi connectivity index (χ2v) is 11.2. The molecule has 7 heteroatoms. The van der Waals surface area contributed by atoms with Crippen molar-refractivity contribution in [3.63, 3.8) is 0 Å². The van der Waals surface area contributed by atoms with Crippen molar-refractivity contribution in [3.8, 4) is 34.5 Å². The van der Waals surface area contributed by atoms with E-state index in [0.717, 1.165) is 49.7 Å². The fourth-order valence-electron chi connectivity index (χ4n) is 6.91. The third-order valence-corrected chi connectivity index (χ3v) is 8.98. The van der Waals surface area contributed by atoms with Crippen molar-refractivity contribution in [2.45, 2.75) is 76.0 Å². The molecule has 0 bridgehead atoms. The van der Waals surface area contributed by atoms with E-state index in [1.54, 1.807) is 42.7 Å². The zero-order chi connectivity index (χ0) is 28.6. The Bertz CT molecular complexity index is 994. The van der Waals surface area contributed by atoms with Crippen LogP contribution in [0.1, 0.15) is 87.2 Å². The van der Waals surface area contributed by atoms with E-state index in [2.05, 4.69) is 0 Å². The maximum absolute atomic E-state index is 15.1. The maximum atomic E-state index is 15.1. The van der Waals surface area contributed by atoms with Crippen LogP contribution in [0.15, 0.2) is 24.3 Å². The minimum absolute atomic E-state index is 0.155. The Kier molecular flexibility index (Phi) is 10.5. The summed E-state index contributed by atoms with van der Waals surface area (Å²) in [4.78, 5) is 15.1. The van der Waals surface area contributed by atoms with E-state index in [-0.39, 0.29) is 5.78 Å². The van der Waals surface area contributed by atoms with Crippen LogP contribution in [0.25, 0.3) is 0 Å². The van der Waals surface area contributed by atoms with Crippen molar-refractivity contribution in [1.29, 1.82) is 0 Å². The summed E-state index contributed by atoms with van der Waals surface area (Å²) in [6.45, 7) is 0. The summed E-state index contributed by atoms with van der Waals surface area (Å²) in [7, 11) is 9.80. The Morgan fingerprint density at radius 2 is 0.875 bits per heavy atom. The Morgan fingerprint density at radius 3 is 1.12 bits per heavy atom. The van der Waals surface area contributed by atoms with Gasteiger partial charge in [-0.05, 0) is 24.7 Å². The van der Waals surface area contributed by atoms with Gasteiger partial charge in [0.05, 0.1) is 54.5 Å². The van der Waals surface area contributed by atoms with Gasteiger partial charge in [0.25, 0.3) is 0 Å². The molecule has 40 heavy (non-hydrogen) atoms. The van der Waals surface area contributed by atoms with Gasteiger partial charge in [-0.3, -0.25) is 4.79 Å². The summed E-state index contributed by atoms with van der Waals surface area (Å²) in [6, 6.07) is 7.42. The summed E-state index contributed by atoms with van der Waals surface area (Å²) in [6.07, 6.45) is 10.8. The quantitative estimate of drug-likeness (QED) is 0.242. The topological polar surface area (TPSA) is 72.5 Å². The van der Waals surface area contributed by atoms with E-state index in [1.807, 2.05) is 24.3 Å². The zero-order valence-electron chi connectivity index (χ0n) is 25.0. The standard InChI is InChI=1S/C33H46O7/c1-35-23-17-27(37-3)31(28(18-23)38-4)25(15-21-11-7-8-12-21)33(34)26(16-22-13-9-10-14-22)32-29(39-5)19-24(36-2)20-30(32)40-6/h17-22,25-26H,7-16H2,1-6H3. The number of carbonyl (C=O) groups excluding carboxylic acids is 1. The number of ether oxygens (including phenoxy) is 6. The molecule has 0 aromatic heterocycles. The highest BCUT2D eigenvalue weighted by atomic mass is 16.5. The van der Waals surface area contributed by atoms with Gasteiger partial charge in [0.1, 0.15) is 40.3 Å². The molecule has 0 radical (unpaired) electrons. The van der Waals surface area contributed by atoms with Gasteiger partial charge in [0, 0.05) is 35.4 Å². The van der Waals surface area contributed by atoms with Gasteiger partial charge in [0.15, 0.2) is 0 Å². The first-order chi connectivity index (χ1) is 19.5. The predicted octanol–water partition coefficient (Wildman–Crippen LogP) is 7.34. The Balaban J connectivity index is 1.89. The highest BCUT2D eigenvalue weighted by molar-refractivity contribution is 5.94. The molecule has 2 aromatic rings. The summed E-state index contributed by atoms with van der Waals surface area (Å²) in [5.74, 6) is 3.97. The van der Waals surface area contributed by atoms with Crippen LogP contribution in [-0.2, 0) is 4.79 Å². The van der Waals surface area contributed by atoms with Crippen LogP contribution < -0.4 is 28.4 Å². The number of hydrogen-bond acceptors (Lipinski definition) is 7. The molecule has 2 aliphatic rings. The van der Waals surface area contributed by atoms with Crippen molar-refractivity contribution in [2.75, 3.05) is 42.7 Å². The van der Waals surface area contributed by atoms with Crippen molar-refractivity contribution < 1.29 is 33.2 Å².